The van der Waals surface area contributed by atoms with Crippen LogP contribution in [0.25, 0.3) is 0 Å². The fourth-order valence-corrected chi connectivity index (χ4v) is 3.60. The minimum Gasteiger partial charge on any atom is -0.374 e. The normalized spacial score (nSPS) is 20.4. The van der Waals surface area contributed by atoms with E-state index >= 15 is 0 Å². The second kappa shape index (κ2) is 9.11. The van der Waals surface area contributed by atoms with Gasteiger partial charge in [0, 0.05) is 19.7 Å². The third-order valence-corrected chi connectivity index (χ3v) is 5.34. The maximum atomic E-state index is 12.2. The highest BCUT2D eigenvalue weighted by Gasteiger charge is 2.28. The van der Waals surface area contributed by atoms with Gasteiger partial charge in [0.2, 0.25) is 0 Å². The van der Waals surface area contributed by atoms with E-state index in [-0.39, 0.29) is 25.8 Å². The van der Waals surface area contributed by atoms with Crippen LogP contribution in [0.1, 0.15) is 25.0 Å². The molecule has 24 heavy (non-hydrogen) atoms. The van der Waals surface area contributed by atoms with Gasteiger partial charge in [0.25, 0.3) is 10.2 Å². The summed E-state index contributed by atoms with van der Waals surface area (Å²) in [7, 11) is -3.58. The molecule has 0 radical (unpaired) electrons. The summed E-state index contributed by atoms with van der Waals surface area (Å²) in [5, 5.41) is 8.83. The molecule has 2 rings (SSSR count). The molecule has 1 N–H and O–H groups in total. The average Bonchev–Trinajstić information content (AvgIpc) is 2.62. The molecule has 0 aromatic heterocycles. The Balaban J connectivity index is 1.69. The van der Waals surface area contributed by atoms with Crippen LogP contribution in [0.15, 0.2) is 30.3 Å². The van der Waals surface area contributed by atoms with Crippen molar-refractivity contribution in [1.82, 2.24) is 9.03 Å². The predicted molar refractivity (Wildman–Crippen MR) is 89.3 cm³/mol. The molecule has 8 heteroatoms. The molecule has 0 spiro atoms. The fraction of sp³-hybridized carbons (Fsp3) is 0.562. The lowest BCUT2D eigenvalue weighted by Gasteiger charge is -2.28. The van der Waals surface area contributed by atoms with E-state index in [0.29, 0.717) is 19.6 Å². The third kappa shape index (κ3) is 5.54. The van der Waals surface area contributed by atoms with Gasteiger partial charge in [-0.2, -0.15) is 18.0 Å². The Morgan fingerprint density at radius 1 is 1.46 bits per heavy atom. The van der Waals surface area contributed by atoms with E-state index in [0.717, 1.165) is 5.56 Å². The Morgan fingerprint density at radius 3 is 2.92 bits per heavy atom. The maximum absolute atomic E-state index is 12.2. The highest BCUT2D eigenvalue weighted by Crippen LogP contribution is 2.15. The van der Waals surface area contributed by atoms with Crippen LogP contribution in [0.2, 0.25) is 0 Å². The van der Waals surface area contributed by atoms with Crippen molar-refractivity contribution in [2.75, 3.05) is 32.8 Å². The SMILES string of the molecule is C[C@H](OCCCNS(=O)(=O)N1CCO[C@@H](C#N)C1)c1ccccc1. The van der Waals surface area contributed by atoms with Crippen molar-refractivity contribution in [3.8, 4) is 6.07 Å². The van der Waals surface area contributed by atoms with Gasteiger partial charge in [-0.05, 0) is 18.9 Å². The van der Waals surface area contributed by atoms with Crippen molar-refractivity contribution in [1.29, 1.82) is 5.26 Å². The molecular formula is C16H23N3O4S. The van der Waals surface area contributed by atoms with Gasteiger partial charge in [-0.1, -0.05) is 30.3 Å². The number of morpholine rings is 1. The van der Waals surface area contributed by atoms with Crippen molar-refractivity contribution in [3.63, 3.8) is 0 Å². The quantitative estimate of drug-likeness (QED) is 0.709. The Kier molecular flexibility index (Phi) is 7.15. The number of ether oxygens (including phenoxy) is 2. The standard InChI is InChI=1S/C16H23N3O4S/c1-14(15-6-3-2-4-7-15)22-10-5-8-18-24(20,21)19-9-11-23-16(12-17)13-19/h2-4,6-7,14,16,18H,5,8-11,13H2,1H3/t14-,16-/m0/s1. The minimum absolute atomic E-state index is 0.0292. The summed E-state index contributed by atoms with van der Waals surface area (Å²) in [6.45, 7) is 3.27. The molecule has 0 aliphatic carbocycles. The van der Waals surface area contributed by atoms with Gasteiger partial charge >= 0.3 is 0 Å². The van der Waals surface area contributed by atoms with Crippen LogP contribution < -0.4 is 4.72 Å². The molecule has 1 aromatic carbocycles. The smallest absolute Gasteiger partial charge is 0.279 e. The Morgan fingerprint density at radius 2 is 2.21 bits per heavy atom. The van der Waals surface area contributed by atoms with Gasteiger partial charge in [-0.25, -0.2) is 4.72 Å². The molecule has 2 atom stereocenters. The van der Waals surface area contributed by atoms with Gasteiger partial charge in [0.1, 0.15) is 0 Å². The summed E-state index contributed by atoms with van der Waals surface area (Å²) in [6.07, 6.45) is -0.161. The Bertz CT molecular complexity index is 645. The topological polar surface area (TPSA) is 91.7 Å². The molecule has 132 valence electrons. The van der Waals surface area contributed by atoms with Gasteiger partial charge in [-0.15, -0.1) is 0 Å². The predicted octanol–water partition coefficient (Wildman–Crippen LogP) is 1.21. The molecule has 1 fully saturated rings. The van der Waals surface area contributed by atoms with Crippen LogP contribution in [-0.4, -0.2) is 51.7 Å². The average molecular weight is 353 g/mol. The van der Waals surface area contributed by atoms with Crippen LogP contribution >= 0.6 is 0 Å². The Hall–Kier alpha value is -1.50. The highest BCUT2D eigenvalue weighted by molar-refractivity contribution is 7.87. The van der Waals surface area contributed by atoms with Crippen LogP contribution in [0.5, 0.6) is 0 Å². The Labute approximate surface area is 143 Å². The molecule has 1 aliphatic rings. The fourth-order valence-electron chi connectivity index (χ4n) is 2.37. The van der Waals surface area contributed by atoms with Crippen molar-refractivity contribution in [2.45, 2.75) is 25.6 Å². The molecule has 1 aromatic rings. The first-order chi connectivity index (χ1) is 11.5. The van der Waals surface area contributed by atoms with Gasteiger partial charge < -0.3 is 9.47 Å². The maximum Gasteiger partial charge on any atom is 0.279 e. The number of nitrogens with one attached hydrogen (secondary N) is 1. The lowest BCUT2D eigenvalue weighted by atomic mass is 10.1. The summed E-state index contributed by atoms with van der Waals surface area (Å²) in [5.74, 6) is 0. The molecule has 1 aliphatic heterocycles. The first-order valence-electron chi connectivity index (χ1n) is 7.95. The third-order valence-electron chi connectivity index (χ3n) is 3.76. The van der Waals surface area contributed by atoms with E-state index < -0.39 is 16.3 Å². The second-order valence-corrected chi connectivity index (χ2v) is 7.28. The van der Waals surface area contributed by atoms with E-state index in [1.165, 1.54) is 4.31 Å². The summed E-state index contributed by atoms with van der Waals surface area (Å²) < 4.78 is 39.0. The van der Waals surface area contributed by atoms with E-state index in [9.17, 15) is 8.42 Å². The van der Waals surface area contributed by atoms with Gasteiger partial charge in [0.15, 0.2) is 6.10 Å². The number of nitrogens with zero attached hydrogens (tertiary/aromatic N) is 2. The summed E-state index contributed by atoms with van der Waals surface area (Å²) in [5.41, 5.74) is 1.09. The molecule has 0 saturated carbocycles. The van der Waals surface area contributed by atoms with E-state index in [4.69, 9.17) is 14.7 Å². The molecule has 1 heterocycles. The number of hydrogen-bond donors (Lipinski definition) is 1. The lowest BCUT2D eigenvalue weighted by molar-refractivity contribution is 0.0306. The number of nitriles is 1. The minimum atomic E-state index is -3.58. The summed E-state index contributed by atoms with van der Waals surface area (Å²) in [4.78, 5) is 0. The summed E-state index contributed by atoms with van der Waals surface area (Å²) in [6, 6.07) is 11.8. The monoisotopic (exact) mass is 353 g/mol. The summed E-state index contributed by atoms with van der Waals surface area (Å²) >= 11 is 0. The lowest BCUT2D eigenvalue weighted by Crippen LogP contribution is -2.49. The zero-order valence-electron chi connectivity index (χ0n) is 13.7. The number of benzene rings is 1. The van der Waals surface area contributed by atoms with Crippen molar-refractivity contribution < 1.29 is 17.9 Å². The van der Waals surface area contributed by atoms with Crippen LogP contribution in [0, 0.1) is 11.3 Å². The molecular weight excluding hydrogens is 330 g/mol. The number of hydrogen-bond acceptors (Lipinski definition) is 5. The van der Waals surface area contributed by atoms with Crippen LogP contribution in [-0.2, 0) is 19.7 Å². The highest BCUT2D eigenvalue weighted by atomic mass is 32.2. The first-order valence-corrected chi connectivity index (χ1v) is 9.39. The molecule has 0 amide bonds. The first kappa shape index (κ1) is 18.8. The van der Waals surface area contributed by atoms with Crippen LogP contribution in [0.4, 0.5) is 0 Å². The van der Waals surface area contributed by atoms with E-state index in [1.54, 1.807) is 0 Å². The molecule has 1 saturated heterocycles. The molecule has 0 unspecified atom stereocenters. The van der Waals surface area contributed by atoms with E-state index in [2.05, 4.69) is 4.72 Å². The van der Waals surface area contributed by atoms with Crippen molar-refractivity contribution in [2.24, 2.45) is 0 Å². The number of rotatable bonds is 8. The zero-order chi connectivity index (χ0) is 17.4. The van der Waals surface area contributed by atoms with Crippen LogP contribution in [0.3, 0.4) is 0 Å². The van der Waals surface area contributed by atoms with Gasteiger partial charge in [0.05, 0.1) is 25.3 Å². The largest absolute Gasteiger partial charge is 0.374 e. The van der Waals surface area contributed by atoms with Crippen molar-refractivity contribution in [3.05, 3.63) is 35.9 Å². The molecule has 0 bridgehead atoms. The second-order valence-electron chi connectivity index (χ2n) is 5.52. The molecule has 7 nitrogen and oxygen atoms in total. The van der Waals surface area contributed by atoms with Crippen molar-refractivity contribution >= 4 is 10.2 Å². The van der Waals surface area contributed by atoms with E-state index in [1.807, 2.05) is 43.3 Å². The zero-order valence-corrected chi connectivity index (χ0v) is 14.5. The van der Waals surface area contributed by atoms with Gasteiger partial charge in [-0.3, -0.25) is 0 Å².